The average molecular weight is 245 g/mol. The Labute approximate surface area is 105 Å². The zero-order chi connectivity index (χ0) is 13.3. The minimum Gasteiger partial charge on any atom is -0.379 e. The summed E-state index contributed by atoms with van der Waals surface area (Å²) < 4.78 is 5.29. The smallest absolute Gasteiger partial charge is 0.239 e. The van der Waals surface area contributed by atoms with E-state index in [0.29, 0.717) is 13.2 Å². The summed E-state index contributed by atoms with van der Waals surface area (Å²) in [5, 5.41) is 3.19. The average Bonchev–Trinajstić information content (AvgIpc) is 2.32. The summed E-state index contributed by atoms with van der Waals surface area (Å²) in [4.78, 5) is 13.7. The first-order valence-corrected chi connectivity index (χ1v) is 6.35. The largest absolute Gasteiger partial charge is 0.379 e. The van der Waals surface area contributed by atoms with E-state index in [4.69, 9.17) is 10.5 Å². The molecule has 0 heterocycles. The van der Waals surface area contributed by atoms with E-state index >= 15 is 0 Å². The van der Waals surface area contributed by atoms with Crippen molar-refractivity contribution in [1.29, 1.82) is 0 Å². The molecule has 5 nitrogen and oxygen atoms in total. The monoisotopic (exact) mass is 245 g/mol. The predicted octanol–water partition coefficient (Wildman–Crippen LogP) is 0.198. The van der Waals surface area contributed by atoms with Crippen LogP contribution in [-0.4, -0.2) is 55.7 Å². The van der Waals surface area contributed by atoms with Gasteiger partial charge < -0.3 is 20.7 Å². The van der Waals surface area contributed by atoms with Crippen LogP contribution in [0.1, 0.15) is 27.7 Å². The lowest BCUT2D eigenvalue weighted by Gasteiger charge is -2.28. The van der Waals surface area contributed by atoms with Crippen LogP contribution in [-0.2, 0) is 9.53 Å². The lowest BCUT2D eigenvalue weighted by atomic mass is 10.0. The van der Waals surface area contributed by atoms with E-state index in [2.05, 4.69) is 24.1 Å². The highest BCUT2D eigenvalue weighted by Gasteiger charge is 2.30. The fraction of sp³-hybridized carbons (Fsp3) is 0.917. The van der Waals surface area contributed by atoms with Gasteiger partial charge in [-0.1, -0.05) is 13.8 Å². The van der Waals surface area contributed by atoms with Crippen LogP contribution in [0.5, 0.6) is 0 Å². The van der Waals surface area contributed by atoms with Crippen molar-refractivity contribution in [1.82, 2.24) is 10.2 Å². The molecule has 0 aliphatic carbocycles. The molecule has 0 bridgehead atoms. The van der Waals surface area contributed by atoms with E-state index in [-0.39, 0.29) is 5.91 Å². The Morgan fingerprint density at radius 1 is 1.35 bits per heavy atom. The van der Waals surface area contributed by atoms with Crippen molar-refractivity contribution in [3.63, 3.8) is 0 Å². The summed E-state index contributed by atoms with van der Waals surface area (Å²) in [6.07, 6.45) is 0. The first-order chi connectivity index (χ1) is 8.00. The van der Waals surface area contributed by atoms with E-state index in [9.17, 15) is 4.79 Å². The summed E-state index contributed by atoms with van der Waals surface area (Å²) in [6, 6.07) is 0. The van der Waals surface area contributed by atoms with Crippen molar-refractivity contribution >= 4 is 5.91 Å². The quantitative estimate of drug-likeness (QED) is 0.577. The van der Waals surface area contributed by atoms with Crippen LogP contribution in [0, 0.1) is 0 Å². The number of nitrogens with zero attached hydrogens (tertiary/aromatic N) is 1. The van der Waals surface area contributed by atoms with E-state index in [0.717, 1.165) is 26.2 Å². The summed E-state index contributed by atoms with van der Waals surface area (Å²) in [5.74, 6) is -0.370. The van der Waals surface area contributed by atoms with Gasteiger partial charge in [0.25, 0.3) is 0 Å². The second-order valence-corrected chi connectivity index (χ2v) is 4.29. The molecule has 0 radical (unpaired) electrons. The Bertz CT molecular complexity index is 220. The van der Waals surface area contributed by atoms with Crippen LogP contribution in [0.2, 0.25) is 0 Å². The molecule has 0 spiro atoms. The Morgan fingerprint density at radius 2 is 1.94 bits per heavy atom. The Balaban J connectivity index is 4.12. The Hall–Kier alpha value is -0.650. The number of ether oxygens (including phenoxy) is 1. The van der Waals surface area contributed by atoms with E-state index in [1.165, 1.54) is 0 Å². The number of amides is 1. The SMILES string of the molecule is CCOCC(C)(NCCN(CC)CC)C(N)=O. The van der Waals surface area contributed by atoms with Gasteiger partial charge in [-0.3, -0.25) is 4.79 Å². The van der Waals surface area contributed by atoms with Gasteiger partial charge >= 0.3 is 0 Å². The number of hydrogen-bond acceptors (Lipinski definition) is 4. The van der Waals surface area contributed by atoms with Gasteiger partial charge in [0.1, 0.15) is 5.54 Å². The van der Waals surface area contributed by atoms with Gasteiger partial charge in [0.05, 0.1) is 6.61 Å². The third-order valence-electron chi connectivity index (χ3n) is 2.98. The zero-order valence-electron chi connectivity index (χ0n) is 11.6. The van der Waals surface area contributed by atoms with Crippen molar-refractivity contribution in [2.75, 3.05) is 39.4 Å². The second kappa shape index (κ2) is 8.44. The summed E-state index contributed by atoms with van der Waals surface area (Å²) >= 11 is 0. The highest BCUT2D eigenvalue weighted by atomic mass is 16.5. The van der Waals surface area contributed by atoms with Crippen LogP contribution in [0.15, 0.2) is 0 Å². The van der Waals surface area contributed by atoms with Gasteiger partial charge in [-0.2, -0.15) is 0 Å². The minimum atomic E-state index is -0.775. The normalized spacial score (nSPS) is 14.9. The molecule has 0 aromatic heterocycles. The molecule has 1 atom stereocenters. The molecule has 0 aliphatic rings. The van der Waals surface area contributed by atoms with E-state index in [1.807, 2.05) is 6.92 Å². The molecule has 0 rings (SSSR count). The topological polar surface area (TPSA) is 67.6 Å². The molecule has 0 saturated heterocycles. The molecule has 0 aromatic carbocycles. The number of carbonyl (C=O) groups is 1. The standard InChI is InChI=1S/C12H27N3O2/c1-5-15(6-2)9-8-14-12(4,11(13)16)10-17-7-3/h14H,5-10H2,1-4H3,(H2,13,16). The van der Waals surface area contributed by atoms with Gasteiger partial charge in [-0.15, -0.1) is 0 Å². The number of nitrogens with two attached hydrogens (primary N) is 1. The number of likely N-dealkylation sites (N-methyl/N-ethyl adjacent to an activating group) is 1. The van der Waals surface area contributed by atoms with Crippen molar-refractivity contribution in [2.45, 2.75) is 33.2 Å². The summed E-state index contributed by atoms with van der Waals surface area (Å²) in [7, 11) is 0. The van der Waals surface area contributed by atoms with Crippen LogP contribution in [0.25, 0.3) is 0 Å². The highest BCUT2D eigenvalue weighted by Crippen LogP contribution is 2.03. The van der Waals surface area contributed by atoms with E-state index in [1.54, 1.807) is 6.92 Å². The number of carbonyl (C=O) groups excluding carboxylic acids is 1. The molecule has 0 saturated carbocycles. The molecule has 0 aliphatic heterocycles. The maximum absolute atomic E-state index is 11.4. The molecule has 102 valence electrons. The minimum absolute atomic E-state index is 0.317. The maximum atomic E-state index is 11.4. The van der Waals surface area contributed by atoms with Crippen LogP contribution < -0.4 is 11.1 Å². The summed E-state index contributed by atoms with van der Waals surface area (Å²) in [5.41, 5.74) is 4.62. The molecule has 1 amide bonds. The third-order valence-corrected chi connectivity index (χ3v) is 2.98. The molecule has 17 heavy (non-hydrogen) atoms. The third kappa shape index (κ3) is 6.00. The highest BCUT2D eigenvalue weighted by molar-refractivity contribution is 5.84. The maximum Gasteiger partial charge on any atom is 0.239 e. The van der Waals surface area contributed by atoms with E-state index < -0.39 is 5.54 Å². The predicted molar refractivity (Wildman–Crippen MR) is 69.9 cm³/mol. The van der Waals surface area contributed by atoms with Crippen molar-refractivity contribution in [2.24, 2.45) is 5.73 Å². The number of nitrogens with one attached hydrogen (secondary N) is 1. The van der Waals surface area contributed by atoms with Gasteiger partial charge in [-0.25, -0.2) is 0 Å². The van der Waals surface area contributed by atoms with Crippen molar-refractivity contribution in [3.8, 4) is 0 Å². The number of primary amides is 1. The van der Waals surface area contributed by atoms with Crippen molar-refractivity contribution < 1.29 is 9.53 Å². The van der Waals surface area contributed by atoms with Crippen LogP contribution >= 0.6 is 0 Å². The number of rotatable bonds is 10. The van der Waals surface area contributed by atoms with Crippen LogP contribution in [0.3, 0.4) is 0 Å². The van der Waals surface area contributed by atoms with Crippen LogP contribution in [0.4, 0.5) is 0 Å². The van der Waals surface area contributed by atoms with Gasteiger partial charge in [0, 0.05) is 19.7 Å². The van der Waals surface area contributed by atoms with Crippen molar-refractivity contribution in [3.05, 3.63) is 0 Å². The molecule has 3 N–H and O–H groups in total. The van der Waals surface area contributed by atoms with Gasteiger partial charge in [0.2, 0.25) is 5.91 Å². The molecule has 5 heteroatoms. The first kappa shape index (κ1) is 16.4. The lowest BCUT2D eigenvalue weighted by Crippen LogP contribution is -2.57. The Kier molecular flexibility index (Phi) is 8.12. The molecule has 0 aromatic rings. The summed E-state index contributed by atoms with van der Waals surface area (Å²) in [6.45, 7) is 12.5. The first-order valence-electron chi connectivity index (χ1n) is 6.35. The second-order valence-electron chi connectivity index (χ2n) is 4.29. The number of hydrogen-bond donors (Lipinski definition) is 2. The van der Waals surface area contributed by atoms with Gasteiger partial charge in [0.15, 0.2) is 0 Å². The fourth-order valence-electron chi connectivity index (χ4n) is 1.55. The molecular weight excluding hydrogens is 218 g/mol. The lowest BCUT2D eigenvalue weighted by molar-refractivity contribution is -0.126. The van der Waals surface area contributed by atoms with Gasteiger partial charge in [-0.05, 0) is 26.9 Å². The molecular formula is C12H27N3O2. The molecule has 0 fully saturated rings. The molecule has 1 unspecified atom stereocenters. The fourth-order valence-corrected chi connectivity index (χ4v) is 1.55. The Morgan fingerprint density at radius 3 is 2.35 bits per heavy atom. The zero-order valence-corrected chi connectivity index (χ0v) is 11.6.